The number of nitrogens with one attached hydrogen (secondary N) is 1. The molecule has 0 fully saturated rings. The van der Waals surface area contributed by atoms with E-state index in [1.807, 2.05) is 31.2 Å². The minimum atomic E-state index is -0.766. The highest BCUT2D eigenvalue weighted by atomic mass is 16.5. The lowest BCUT2D eigenvalue weighted by Crippen LogP contribution is -2.40. The molecule has 4 nitrogen and oxygen atoms in total. The maximum absolute atomic E-state index is 9.69. The molecule has 18 heavy (non-hydrogen) atoms. The first-order valence-corrected chi connectivity index (χ1v) is 6.17. The van der Waals surface area contributed by atoms with Crippen LogP contribution in [0.25, 0.3) is 0 Å². The van der Waals surface area contributed by atoms with Crippen LogP contribution in [-0.4, -0.2) is 41.6 Å². The van der Waals surface area contributed by atoms with Gasteiger partial charge in [0.05, 0.1) is 5.60 Å². The number of benzene rings is 1. The maximum Gasteiger partial charge on any atom is 0.119 e. The van der Waals surface area contributed by atoms with Crippen LogP contribution in [0.1, 0.15) is 19.4 Å². The van der Waals surface area contributed by atoms with E-state index in [2.05, 4.69) is 5.32 Å². The molecule has 0 aliphatic heterocycles. The largest absolute Gasteiger partial charge is 0.491 e. The number of hydrogen-bond donors (Lipinski definition) is 3. The molecule has 0 saturated carbocycles. The normalized spacial score (nSPS) is 13.4. The van der Waals surface area contributed by atoms with Gasteiger partial charge in [0.15, 0.2) is 0 Å². The van der Waals surface area contributed by atoms with Gasteiger partial charge in [0, 0.05) is 13.1 Å². The number of aliphatic hydroxyl groups excluding tert-OH is 1. The van der Waals surface area contributed by atoms with Crippen LogP contribution in [0.2, 0.25) is 0 Å². The van der Waals surface area contributed by atoms with Gasteiger partial charge in [0.1, 0.15) is 18.5 Å². The standard InChI is InChI=1S/C14H23NO3/c1-11-4-6-13(7-5-11)18-9-12(16)8-15-10-14(2,3)17/h4-7,12,15-17H,8-10H2,1-3H3. The Labute approximate surface area is 109 Å². The Hall–Kier alpha value is -1.10. The summed E-state index contributed by atoms with van der Waals surface area (Å²) < 4.78 is 5.45. The molecular formula is C14H23NO3. The number of rotatable bonds is 7. The van der Waals surface area contributed by atoms with Crippen molar-refractivity contribution in [2.75, 3.05) is 19.7 Å². The van der Waals surface area contributed by atoms with Crippen LogP contribution in [0, 0.1) is 6.92 Å². The molecule has 1 aromatic rings. The van der Waals surface area contributed by atoms with Crippen LogP contribution in [0.3, 0.4) is 0 Å². The van der Waals surface area contributed by atoms with E-state index in [1.54, 1.807) is 13.8 Å². The van der Waals surface area contributed by atoms with Gasteiger partial charge < -0.3 is 20.3 Å². The zero-order valence-electron chi connectivity index (χ0n) is 11.3. The second kappa shape index (κ2) is 6.73. The summed E-state index contributed by atoms with van der Waals surface area (Å²) >= 11 is 0. The monoisotopic (exact) mass is 253 g/mol. The molecule has 102 valence electrons. The Morgan fingerprint density at radius 2 is 1.89 bits per heavy atom. The summed E-state index contributed by atoms with van der Waals surface area (Å²) in [7, 11) is 0. The molecule has 1 aromatic carbocycles. The van der Waals surface area contributed by atoms with Crippen LogP contribution in [0.4, 0.5) is 0 Å². The fourth-order valence-corrected chi connectivity index (χ4v) is 1.43. The SMILES string of the molecule is Cc1ccc(OCC(O)CNCC(C)(C)O)cc1. The van der Waals surface area contributed by atoms with Gasteiger partial charge in [0.2, 0.25) is 0 Å². The molecule has 0 spiro atoms. The number of ether oxygens (including phenoxy) is 1. The van der Waals surface area contributed by atoms with Crippen molar-refractivity contribution in [3.05, 3.63) is 29.8 Å². The Morgan fingerprint density at radius 3 is 2.44 bits per heavy atom. The molecule has 0 aliphatic rings. The summed E-state index contributed by atoms with van der Waals surface area (Å²) in [5.74, 6) is 0.752. The van der Waals surface area contributed by atoms with Crippen molar-refractivity contribution in [2.24, 2.45) is 0 Å². The van der Waals surface area contributed by atoms with Crippen molar-refractivity contribution in [1.29, 1.82) is 0 Å². The summed E-state index contributed by atoms with van der Waals surface area (Å²) in [6, 6.07) is 7.70. The van der Waals surface area contributed by atoms with Crippen molar-refractivity contribution in [2.45, 2.75) is 32.5 Å². The van der Waals surface area contributed by atoms with E-state index in [0.29, 0.717) is 13.1 Å². The smallest absolute Gasteiger partial charge is 0.119 e. The second-order valence-corrected chi connectivity index (χ2v) is 5.22. The van der Waals surface area contributed by atoms with E-state index in [1.165, 1.54) is 5.56 Å². The van der Waals surface area contributed by atoms with E-state index in [4.69, 9.17) is 4.74 Å². The molecule has 0 amide bonds. The summed E-state index contributed by atoms with van der Waals surface area (Å²) in [4.78, 5) is 0. The van der Waals surface area contributed by atoms with E-state index in [-0.39, 0.29) is 6.61 Å². The average Bonchev–Trinajstić information content (AvgIpc) is 2.26. The maximum atomic E-state index is 9.69. The number of hydrogen-bond acceptors (Lipinski definition) is 4. The van der Waals surface area contributed by atoms with E-state index >= 15 is 0 Å². The van der Waals surface area contributed by atoms with E-state index < -0.39 is 11.7 Å². The summed E-state index contributed by atoms with van der Waals surface area (Å²) in [5.41, 5.74) is 0.409. The third kappa shape index (κ3) is 6.59. The van der Waals surface area contributed by atoms with Gasteiger partial charge in [-0.2, -0.15) is 0 Å². The van der Waals surface area contributed by atoms with Crippen molar-refractivity contribution in [1.82, 2.24) is 5.32 Å². The van der Waals surface area contributed by atoms with Crippen molar-refractivity contribution < 1.29 is 14.9 Å². The highest BCUT2D eigenvalue weighted by molar-refractivity contribution is 5.26. The third-order valence-corrected chi connectivity index (χ3v) is 2.40. The second-order valence-electron chi connectivity index (χ2n) is 5.22. The van der Waals surface area contributed by atoms with Gasteiger partial charge in [0.25, 0.3) is 0 Å². The highest BCUT2D eigenvalue weighted by Crippen LogP contribution is 2.11. The zero-order valence-corrected chi connectivity index (χ0v) is 11.3. The third-order valence-electron chi connectivity index (χ3n) is 2.40. The molecule has 1 rings (SSSR count). The molecule has 3 N–H and O–H groups in total. The quantitative estimate of drug-likeness (QED) is 0.681. The van der Waals surface area contributed by atoms with Gasteiger partial charge >= 0.3 is 0 Å². The minimum absolute atomic E-state index is 0.238. The predicted octanol–water partition coefficient (Wildman–Crippen LogP) is 1.10. The van der Waals surface area contributed by atoms with E-state index in [0.717, 1.165) is 5.75 Å². The van der Waals surface area contributed by atoms with Gasteiger partial charge in [-0.25, -0.2) is 0 Å². The molecule has 4 heteroatoms. The van der Waals surface area contributed by atoms with Gasteiger partial charge in [-0.15, -0.1) is 0 Å². The predicted molar refractivity (Wildman–Crippen MR) is 71.8 cm³/mol. The van der Waals surface area contributed by atoms with Crippen molar-refractivity contribution >= 4 is 0 Å². The lowest BCUT2D eigenvalue weighted by Gasteiger charge is -2.19. The lowest BCUT2D eigenvalue weighted by atomic mass is 10.1. The fraction of sp³-hybridized carbons (Fsp3) is 0.571. The fourth-order valence-electron chi connectivity index (χ4n) is 1.43. The van der Waals surface area contributed by atoms with Crippen LogP contribution in [0.5, 0.6) is 5.75 Å². The van der Waals surface area contributed by atoms with Gasteiger partial charge in [-0.1, -0.05) is 17.7 Å². The Kier molecular flexibility index (Phi) is 5.59. The minimum Gasteiger partial charge on any atom is -0.491 e. The van der Waals surface area contributed by atoms with E-state index in [9.17, 15) is 10.2 Å². The lowest BCUT2D eigenvalue weighted by molar-refractivity contribution is 0.0665. The summed E-state index contributed by atoms with van der Waals surface area (Å²) in [6.45, 7) is 6.52. The topological polar surface area (TPSA) is 61.7 Å². The molecule has 1 unspecified atom stereocenters. The Bertz CT molecular complexity index is 343. The molecule has 0 aromatic heterocycles. The summed E-state index contributed by atoms with van der Waals surface area (Å²) in [5, 5.41) is 22.2. The number of aliphatic hydroxyl groups is 2. The Balaban J connectivity index is 2.21. The van der Waals surface area contributed by atoms with Gasteiger partial charge in [-0.05, 0) is 32.9 Å². The first kappa shape index (κ1) is 15.0. The molecule has 0 radical (unpaired) electrons. The molecule has 0 saturated heterocycles. The summed E-state index contributed by atoms with van der Waals surface area (Å²) in [6.07, 6.45) is -0.589. The highest BCUT2D eigenvalue weighted by Gasteiger charge is 2.12. The molecular weight excluding hydrogens is 230 g/mol. The van der Waals surface area contributed by atoms with Crippen LogP contribution in [0.15, 0.2) is 24.3 Å². The van der Waals surface area contributed by atoms with Crippen LogP contribution < -0.4 is 10.1 Å². The van der Waals surface area contributed by atoms with Crippen molar-refractivity contribution in [3.63, 3.8) is 0 Å². The van der Waals surface area contributed by atoms with Crippen LogP contribution >= 0.6 is 0 Å². The molecule has 1 atom stereocenters. The number of aryl methyl sites for hydroxylation is 1. The van der Waals surface area contributed by atoms with Crippen LogP contribution in [-0.2, 0) is 0 Å². The molecule has 0 aliphatic carbocycles. The van der Waals surface area contributed by atoms with Gasteiger partial charge in [-0.3, -0.25) is 0 Å². The molecule has 0 bridgehead atoms. The first-order chi connectivity index (χ1) is 8.37. The Morgan fingerprint density at radius 1 is 1.28 bits per heavy atom. The zero-order chi connectivity index (χ0) is 13.6. The average molecular weight is 253 g/mol. The first-order valence-electron chi connectivity index (χ1n) is 6.17. The van der Waals surface area contributed by atoms with Crippen molar-refractivity contribution in [3.8, 4) is 5.75 Å². The molecule has 0 heterocycles.